The second kappa shape index (κ2) is 7.78. The van der Waals surface area contributed by atoms with Crippen LogP contribution in [-0.4, -0.2) is 48.9 Å². The summed E-state index contributed by atoms with van der Waals surface area (Å²) in [6.07, 6.45) is 7.88. The monoisotopic (exact) mass is 295 g/mol. The van der Waals surface area contributed by atoms with Gasteiger partial charge in [0.1, 0.15) is 6.04 Å². The zero-order valence-electron chi connectivity index (χ0n) is 13.4. The molecular weight excluding hydrogens is 266 g/mol. The molecule has 2 N–H and O–H groups in total. The molecule has 0 aromatic heterocycles. The van der Waals surface area contributed by atoms with E-state index in [0.29, 0.717) is 5.92 Å². The van der Waals surface area contributed by atoms with Crippen molar-refractivity contribution in [3.63, 3.8) is 0 Å². The summed E-state index contributed by atoms with van der Waals surface area (Å²) in [5.41, 5.74) is 0. The number of likely N-dealkylation sites (tertiary alicyclic amines) is 1. The number of nitrogens with one attached hydrogen (secondary N) is 2. The molecule has 1 aliphatic heterocycles. The van der Waals surface area contributed by atoms with Crippen molar-refractivity contribution < 1.29 is 9.59 Å². The smallest absolute Gasteiger partial charge is 0.245 e. The fraction of sp³-hybridized carbons (Fsp3) is 0.875. The van der Waals surface area contributed by atoms with E-state index in [2.05, 4.69) is 10.6 Å². The molecule has 0 bridgehead atoms. The molecule has 2 rings (SSSR count). The van der Waals surface area contributed by atoms with Crippen molar-refractivity contribution in [1.29, 1.82) is 0 Å². The Bertz CT molecular complexity index is 361. The Hall–Kier alpha value is -1.10. The van der Waals surface area contributed by atoms with Crippen LogP contribution >= 0.6 is 0 Å². The first-order valence-electron chi connectivity index (χ1n) is 8.40. The molecule has 2 fully saturated rings. The Morgan fingerprint density at radius 1 is 1.05 bits per heavy atom. The Balaban J connectivity index is 2.05. The van der Waals surface area contributed by atoms with Gasteiger partial charge in [-0.3, -0.25) is 9.59 Å². The van der Waals surface area contributed by atoms with Crippen molar-refractivity contribution in [2.45, 2.75) is 64.0 Å². The van der Waals surface area contributed by atoms with Gasteiger partial charge in [-0.1, -0.05) is 19.3 Å². The molecule has 0 aromatic carbocycles. The maximum absolute atomic E-state index is 12.8. The van der Waals surface area contributed by atoms with E-state index >= 15 is 0 Å². The van der Waals surface area contributed by atoms with Gasteiger partial charge in [0.2, 0.25) is 11.8 Å². The highest BCUT2D eigenvalue weighted by molar-refractivity contribution is 5.90. The molecule has 1 saturated carbocycles. The topological polar surface area (TPSA) is 61.4 Å². The van der Waals surface area contributed by atoms with Gasteiger partial charge in [0, 0.05) is 13.1 Å². The Morgan fingerprint density at radius 3 is 2.24 bits per heavy atom. The van der Waals surface area contributed by atoms with Crippen LogP contribution in [0.2, 0.25) is 0 Å². The molecule has 0 unspecified atom stereocenters. The first-order chi connectivity index (χ1) is 10.1. The number of hydrogen-bond donors (Lipinski definition) is 2. The second-order valence-corrected chi connectivity index (χ2v) is 6.43. The Kier molecular flexibility index (Phi) is 6.03. The van der Waals surface area contributed by atoms with Gasteiger partial charge in [0.25, 0.3) is 0 Å². The van der Waals surface area contributed by atoms with E-state index in [1.807, 2.05) is 11.8 Å². The molecular formula is C16H29N3O2. The third kappa shape index (κ3) is 4.19. The molecule has 2 aliphatic rings. The fourth-order valence-electron chi connectivity index (χ4n) is 3.39. The molecule has 5 heteroatoms. The van der Waals surface area contributed by atoms with Gasteiger partial charge in [0.15, 0.2) is 0 Å². The number of amides is 2. The number of carbonyl (C=O) groups is 2. The number of carbonyl (C=O) groups excluding carboxylic acids is 2. The molecule has 1 heterocycles. The molecule has 2 amide bonds. The van der Waals surface area contributed by atoms with Crippen LogP contribution in [-0.2, 0) is 9.59 Å². The standard InChI is InChI=1S/C16H29N3O2/c1-12(17-2)15(20)18-14(13-8-4-3-5-9-13)16(21)19-10-6-7-11-19/h12-14,17H,3-11H2,1-2H3,(H,18,20)/t12-,14-/m0/s1. The van der Waals surface area contributed by atoms with Gasteiger partial charge in [-0.15, -0.1) is 0 Å². The average molecular weight is 295 g/mol. The summed E-state index contributed by atoms with van der Waals surface area (Å²) in [5, 5.41) is 5.97. The van der Waals surface area contributed by atoms with Gasteiger partial charge < -0.3 is 15.5 Å². The second-order valence-electron chi connectivity index (χ2n) is 6.43. The first kappa shape index (κ1) is 16.3. The molecule has 1 saturated heterocycles. The largest absolute Gasteiger partial charge is 0.343 e. The minimum atomic E-state index is -0.327. The molecule has 0 radical (unpaired) electrons. The third-order valence-electron chi connectivity index (χ3n) is 4.93. The van der Waals surface area contributed by atoms with Crippen LogP contribution in [0, 0.1) is 5.92 Å². The summed E-state index contributed by atoms with van der Waals surface area (Å²) in [6, 6.07) is -0.589. The highest BCUT2D eigenvalue weighted by Crippen LogP contribution is 2.28. The molecule has 2 atom stereocenters. The number of rotatable bonds is 5. The lowest BCUT2D eigenvalue weighted by molar-refractivity contribution is -0.137. The van der Waals surface area contributed by atoms with Crippen LogP contribution in [0.1, 0.15) is 51.9 Å². The van der Waals surface area contributed by atoms with E-state index in [0.717, 1.165) is 38.8 Å². The summed E-state index contributed by atoms with van der Waals surface area (Å²) in [7, 11) is 1.77. The summed E-state index contributed by atoms with van der Waals surface area (Å²) in [4.78, 5) is 26.9. The summed E-state index contributed by atoms with van der Waals surface area (Å²) < 4.78 is 0. The quantitative estimate of drug-likeness (QED) is 0.803. The van der Waals surface area contributed by atoms with Crippen molar-refractivity contribution in [2.24, 2.45) is 5.92 Å². The highest BCUT2D eigenvalue weighted by atomic mass is 16.2. The van der Waals surface area contributed by atoms with Crippen LogP contribution in [0.25, 0.3) is 0 Å². The predicted octanol–water partition coefficient (Wildman–Crippen LogP) is 1.28. The summed E-state index contributed by atoms with van der Waals surface area (Å²) in [6.45, 7) is 3.52. The number of hydrogen-bond acceptors (Lipinski definition) is 3. The molecule has 0 spiro atoms. The number of nitrogens with zero attached hydrogens (tertiary/aromatic N) is 1. The zero-order valence-corrected chi connectivity index (χ0v) is 13.4. The van der Waals surface area contributed by atoms with Gasteiger partial charge in [0.05, 0.1) is 6.04 Å². The van der Waals surface area contributed by atoms with Crippen LogP contribution < -0.4 is 10.6 Å². The minimum absolute atomic E-state index is 0.0689. The number of likely N-dealkylation sites (N-methyl/N-ethyl adjacent to an activating group) is 1. The van der Waals surface area contributed by atoms with Crippen molar-refractivity contribution in [2.75, 3.05) is 20.1 Å². The summed E-state index contributed by atoms with van der Waals surface area (Å²) in [5.74, 6) is 0.372. The SMILES string of the molecule is CN[C@@H](C)C(=O)N[C@H](C(=O)N1CCCC1)C1CCCCC1. The fourth-order valence-corrected chi connectivity index (χ4v) is 3.39. The lowest BCUT2D eigenvalue weighted by Crippen LogP contribution is -2.55. The lowest BCUT2D eigenvalue weighted by Gasteiger charge is -2.33. The van der Waals surface area contributed by atoms with E-state index < -0.39 is 0 Å². The first-order valence-corrected chi connectivity index (χ1v) is 8.40. The van der Waals surface area contributed by atoms with Gasteiger partial charge in [-0.2, -0.15) is 0 Å². The van der Waals surface area contributed by atoms with E-state index in [9.17, 15) is 9.59 Å². The van der Waals surface area contributed by atoms with Crippen LogP contribution in [0.4, 0.5) is 0 Å². The molecule has 0 aromatic rings. The van der Waals surface area contributed by atoms with Gasteiger partial charge in [-0.05, 0) is 45.6 Å². The maximum atomic E-state index is 12.8. The van der Waals surface area contributed by atoms with Crippen molar-refractivity contribution >= 4 is 11.8 Å². The van der Waals surface area contributed by atoms with Crippen LogP contribution in [0.15, 0.2) is 0 Å². The Morgan fingerprint density at radius 2 is 1.67 bits per heavy atom. The van der Waals surface area contributed by atoms with Crippen molar-refractivity contribution in [3.8, 4) is 0 Å². The van der Waals surface area contributed by atoms with Gasteiger partial charge in [-0.25, -0.2) is 0 Å². The van der Waals surface area contributed by atoms with E-state index in [1.165, 1.54) is 19.3 Å². The van der Waals surface area contributed by atoms with E-state index in [-0.39, 0.29) is 23.9 Å². The molecule has 21 heavy (non-hydrogen) atoms. The van der Waals surface area contributed by atoms with E-state index in [4.69, 9.17) is 0 Å². The van der Waals surface area contributed by atoms with Gasteiger partial charge >= 0.3 is 0 Å². The van der Waals surface area contributed by atoms with Crippen LogP contribution in [0.3, 0.4) is 0 Å². The average Bonchev–Trinajstić information content (AvgIpc) is 3.06. The molecule has 5 nitrogen and oxygen atoms in total. The zero-order chi connectivity index (χ0) is 15.2. The van der Waals surface area contributed by atoms with Crippen molar-refractivity contribution in [1.82, 2.24) is 15.5 Å². The lowest BCUT2D eigenvalue weighted by atomic mass is 9.83. The molecule has 1 aliphatic carbocycles. The Labute approximate surface area is 127 Å². The predicted molar refractivity (Wildman–Crippen MR) is 82.8 cm³/mol. The van der Waals surface area contributed by atoms with Crippen LogP contribution in [0.5, 0.6) is 0 Å². The summed E-state index contributed by atoms with van der Waals surface area (Å²) >= 11 is 0. The molecule has 120 valence electrons. The normalized spacial score (nSPS) is 22.9. The third-order valence-corrected chi connectivity index (χ3v) is 4.93. The minimum Gasteiger partial charge on any atom is -0.343 e. The van der Waals surface area contributed by atoms with Crippen molar-refractivity contribution in [3.05, 3.63) is 0 Å². The highest BCUT2D eigenvalue weighted by Gasteiger charge is 2.35. The van der Waals surface area contributed by atoms with E-state index in [1.54, 1.807) is 7.05 Å². The maximum Gasteiger partial charge on any atom is 0.245 e.